The highest BCUT2D eigenvalue weighted by atomic mass is 16.5. The number of anilines is 1. The molecule has 0 unspecified atom stereocenters. The average Bonchev–Trinajstić information content (AvgIpc) is 2.40. The van der Waals surface area contributed by atoms with Gasteiger partial charge in [-0.2, -0.15) is 0 Å². The van der Waals surface area contributed by atoms with E-state index in [2.05, 4.69) is 10.3 Å². The number of hydrogen-bond donors (Lipinski definition) is 2. The Kier molecular flexibility index (Phi) is 4.52. The van der Waals surface area contributed by atoms with Gasteiger partial charge >= 0.3 is 5.97 Å². The summed E-state index contributed by atoms with van der Waals surface area (Å²) in [5.41, 5.74) is 0.0751. The Hall–Kier alpha value is -1.62. The van der Waals surface area contributed by atoms with Gasteiger partial charge in [0, 0.05) is 19.8 Å². The number of ether oxygens (including phenoxy) is 1. The lowest BCUT2D eigenvalue weighted by molar-refractivity contribution is 0.0649. The summed E-state index contributed by atoms with van der Waals surface area (Å²) in [7, 11) is 0. The fraction of sp³-hybridized carbons (Fsp3) is 0.538. The molecule has 5 nitrogen and oxygen atoms in total. The third kappa shape index (κ3) is 3.70. The monoisotopic (exact) mass is 250 g/mol. The lowest BCUT2D eigenvalue weighted by Crippen LogP contribution is -2.18. The number of carbonyl (C=O) groups is 1. The lowest BCUT2D eigenvalue weighted by atomic mass is 9.97. The Morgan fingerprint density at radius 2 is 2.22 bits per heavy atom. The zero-order chi connectivity index (χ0) is 12.8. The van der Waals surface area contributed by atoms with Crippen LogP contribution >= 0.6 is 0 Å². The van der Waals surface area contributed by atoms with Crippen LogP contribution in [0.25, 0.3) is 0 Å². The number of nitrogens with zero attached hydrogens (tertiary/aromatic N) is 1. The van der Waals surface area contributed by atoms with Crippen molar-refractivity contribution in [2.24, 2.45) is 5.92 Å². The van der Waals surface area contributed by atoms with Gasteiger partial charge in [-0.25, -0.2) is 9.78 Å². The first kappa shape index (κ1) is 12.8. The summed E-state index contributed by atoms with van der Waals surface area (Å²) in [5.74, 6) is 0.332. The van der Waals surface area contributed by atoms with Crippen LogP contribution in [0.5, 0.6) is 0 Å². The maximum atomic E-state index is 10.8. The summed E-state index contributed by atoms with van der Waals surface area (Å²) >= 11 is 0. The quantitative estimate of drug-likeness (QED) is 0.836. The number of carboxylic acids is 1. The molecule has 0 aromatic carbocycles. The molecule has 0 bridgehead atoms. The van der Waals surface area contributed by atoms with E-state index < -0.39 is 5.97 Å². The first-order chi connectivity index (χ1) is 8.75. The molecule has 1 saturated heterocycles. The van der Waals surface area contributed by atoms with Crippen molar-refractivity contribution in [3.63, 3.8) is 0 Å². The summed E-state index contributed by atoms with van der Waals surface area (Å²) in [6.45, 7) is 2.54. The van der Waals surface area contributed by atoms with E-state index in [4.69, 9.17) is 9.84 Å². The van der Waals surface area contributed by atoms with Crippen molar-refractivity contribution in [1.82, 2.24) is 4.98 Å². The minimum Gasteiger partial charge on any atom is -0.477 e. The van der Waals surface area contributed by atoms with E-state index in [0.717, 1.165) is 39.0 Å². The fourth-order valence-electron chi connectivity index (χ4n) is 2.09. The molecule has 18 heavy (non-hydrogen) atoms. The van der Waals surface area contributed by atoms with Crippen molar-refractivity contribution in [3.8, 4) is 0 Å². The number of aromatic carboxylic acids is 1. The molecule has 1 fully saturated rings. The van der Waals surface area contributed by atoms with E-state index in [9.17, 15) is 4.79 Å². The predicted octanol–water partition coefficient (Wildman–Crippen LogP) is 2.01. The molecule has 0 radical (unpaired) electrons. The smallest absolute Gasteiger partial charge is 0.354 e. The molecule has 1 aliphatic rings. The highest BCUT2D eigenvalue weighted by Gasteiger charge is 2.13. The SMILES string of the molecule is O=C(O)c1cccc(NCCC2CCOCC2)n1. The number of hydrogen-bond acceptors (Lipinski definition) is 4. The molecule has 0 saturated carbocycles. The van der Waals surface area contributed by atoms with Crippen LogP contribution in [-0.4, -0.2) is 35.8 Å². The summed E-state index contributed by atoms with van der Waals surface area (Å²) in [5, 5.41) is 12.0. The molecule has 2 rings (SSSR count). The number of aromatic nitrogens is 1. The van der Waals surface area contributed by atoms with Crippen molar-refractivity contribution in [2.75, 3.05) is 25.1 Å². The van der Waals surface area contributed by atoms with Crippen LogP contribution in [0.3, 0.4) is 0 Å². The van der Waals surface area contributed by atoms with Crippen molar-refractivity contribution in [1.29, 1.82) is 0 Å². The van der Waals surface area contributed by atoms with Gasteiger partial charge in [-0.1, -0.05) is 6.07 Å². The third-order valence-electron chi connectivity index (χ3n) is 3.17. The van der Waals surface area contributed by atoms with Crippen LogP contribution in [0.2, 0.25) is 0 Å². The van der Waals surface area contributed by atoms with Gasteiger partial charge in [0.2, 0.25) is 0 Å². The Bertz CT molecular complexity index is 403. The highest BCUT2D eigenvalue weighted by Crippen LogP contribution is 2.18. The van der Waals surface area contributed by atoms with Crippen molar-refractivity contribution in [3.05, 3.63) is 23.9 Å². The maximum Gasteiger partial charge on any atom is 0.354 e. The van der Waals surface area contributed by atoms with Gasteiger partial charge in [-0.05, 0) is 37.3 Å². The van der Waals surface area contributed by atoms with Gasteiger partial charge in [0.25, 0.3) is 0 Å². The first-order valence-corrected chi connectivity index (χ1v) is 6.27. The summed E-state index contributed by atoms with van der Waals surface area (Å²) in [4.78, 5) is 14.8. The largest absolute Gasteiger partial charge is 0.477 e. The number of rotatable bonds is 5. The number of pyridine rings is 1. The van der Waals surface area contributed by atoms with Crippen LogP contribution in [-0.2, 0) is 4.74 Å². The highest BCUT2D eigenvalue weighted by molar-refractivity contribution is 5.85. The molecule has 0 atom stereocenters. The van der Waals surface area contributed by atoms with E-state index in [0.29, 0.717) is 11.7 Å². The van der Waals surface area contributed by atoms with Crippen LogP contribution in [0, 0.1) is 5.92 Å². The Balaban J connectivity index is 1.78. The first-order valence-electron chi connectivity index (χ1n) is 6.27. The second-order valence-electron chi connectivity index (χ2n) is 4.48. The molecule has 1 aromatic heterocycles. The summed E-state index contributed by atoms with van der Waals surface area (Å²) < 4.78 is 5.31. The zero-order valence-corrected chi connectivity index (χ0v) is 10.3. The molecule has 98 valence electrons. The van der Waals surface area contributed by atoms with Gasteiger partial charge in [0.15, 0.2) is 5.69 Å². The second kappa shape index (κ2) is 6.35. The molecule has 2 N–H and O–H groups in total. The Morgan fingerprint density at radius 3 is 2.94 bits per heavy atom. The molecule has 2 heterocycles. The van der Waals surface area contributed by atoms with Gasteiger partial charge in [-0.3, -0.25) is 0 Å². The summed E-state index contributed by atoms with van der Waals surface area (Å²) in [6.07, 6.45) is 3.30. The standard InChI is InChI=1S/C13H18N2O3/c16-13(17)11-2-1-3-12(15-11)14-7-4-10-5-8-18-9-6-10/h1-3,10H,4-9H2,(H,14,15)(H,16,17). The second-order valence-corrected chi connectivity index (χ2v) is 4.48. The molecule has 5 heteroatoms. The average molecular weight is 250 g/mol. The number of nitrogens with one attached hydrogen (secondary N) is 1. The predicted molar refractivity (Wildman–Crippen MR) is 67.8 cm³/mol. The van der Waals surface area contributed by atoms with Crippen LogP contribution in [0.15, 0.2) is 18.2 Å². The lowest BCUT2D eigenvalue weighted by Gasteiger charge is -2.21. The molecule has 1 aliphatic heterocycles. The molecular weight excluding hydrogens is 232 g/mol. The van der Waals surface area contributed by atoms with E-state index in [1.807, 2.05) is 0 Å². The molecule has 0 amide bonds. The topological polar surface area (TPSA) is 71.5 Å². The van der Waals surface area contributed by atoms with Gasteiger partial charge in [-0.15, -0.1) is 0 Å². The maximum absolute atomic E-state index is 10.8. The zero-order valence-electron chi connectivity index (χ0n) is 10.3. The van der Waals surface area contributed by atoms with E-state index in [1.54, 1.807) is 12.1 Å². The third-order valence-corrected chi connectivity index (χ3v) is 3.17. The van der Waals surface area contributed by atoms with Crippen LogP contribution in [0.4, 0.5) is 5.82 Å². The van der Waals surface area contributed by atoms with Gasteiger partial charge in [0.05, 0.1) is 0 Å². The van der Waals surface area contributed by atoms with E-state index in [-0.39, 0.29) is 5.69 Å². The Morgan fingerprint density at radius 1 is 1.44 bits per heavy atom. The van der Waals surface area contributed by atoms with Crippen molar-refractivity contribution in [2.45, 2.75) is 19.3 Å². The summed E-state index contributed by atoms with van der Waals surface area (Å²) in [6, 6.07) is 4.98. The Labute approximate surface area is 106 Å². The van der Waals surface area contributed by atoms with E-state index >= 15 is 0 Å². The normalized spacial score (nSPS) is 16.4. The minimum atomic E-state index is -0.997. The molecular formula is C13H18N2O3. The minimum absolute atomic E-state index is 0.0751. The van der Waals surface area contributed by atoms with E-state index in [1.165, 1.54) is 6.07 Å². The van der Waals surface area contributed by atoms with Crippen molar-refractivity contribution < 1.29 is 14.6 Å². The molecule has 0 aliphatic carbocycles. The van der Waals surface area contributed by atoms with Gasteiger partial charge in [0.1, 0.15) is 5.82 Å². The van der Waals surface area contributed by atoms with Crippen LogP contribution in [0.1, 0.15) is 29.8 Å². The van der Waals surface area contributed by atoms with Crippen LogP contribution < -0.4 is 5.32 Å². The number of carboxylic acid groups (broad SMARTS) is 1. The fourth-order valence-corrected chi connectivity index (χ4v) is 2.09. The molecule has 0 spiro atoms. The van der Waals surface area contributed by atoms with Gasteiger partial charge < -0.3 is 15.2 Å². The van der Waals surface area contributed by atoms with Crippen molar-refractivity contribution >= 4 is 11.8 Å². The molecule has 1 aromatic rings.